The van der Waals surface area contributed by atoms with Crippen molar-refractivity contribution in [2.45, 2.75) is 45.8 Å². The Labute approximate surface area is 206 Å². The zero-order valence-corrected chi connectivity index (χ0v) is 20.7. The zero-order chi connectivity index (χ0) is 24.2. The lowest BCUT2D eigenvalue weighted by atomic mass is 9.78. The van der Waals surface area contributed by atoms with Crippen molar-refractivity contribution in [3.05, 3.63) is 59.8 Å². The Bertz CT molecular complexity index is 1280. The van der Waals surface area contributed by atoms with Gasteiger partial charge in [0.05, 0.1) is 18.2 Å². The van der Waals surface area contributed by atoms with Gasteiger partial charge in [-0.3, -0.25) is 9.88 Å². The number of hydrogen-bond acceptors (Lipinski definition) is 5. The molecule has 0 aliphatic carbocycles. The molecule has 182 valence electrons. The fraction of sp³-hybridized carbons (Fsp3) is 0.448. The summed E-state index contributed by atoms with van der Waals surface area (Å²) >= 11 is 0. The molecule has 4 aliphatic rings. The number of benzene rings is 2. The fourth-order valence-corrected chi connectivity index (χ4v) is 6.01. The van der Waals surface area contributed by atoms with Crippen LogP contribution in [0.5, 0.6) is 5.75 Å². The van der Waals surface area contributed by atoms with Crippen LogP contribution in [0, 0.1) is 18.3 Å². The van der Waals surface area contributed by atoms with Crippen LogP contribution in [-0.4, -0.2) is 48.3 Å². The van der Waals surface area contributed by atoms with Crippen molar-refractivity contribution in [1.82, 2.24) is 15.2 Å². The third kappa shape index (κ3) is 4.04. The average Bonchev–Trinajstić information content (AvgIpc) is 2.87. The molecular weight excluding hydrogens is 438 g/mol. The van der Waals surface area contributed by atoms with Crippen molar-refractivity contribution in [3.63, 3.8) is 0 Å². The highest BCUT2D eigenvalue weighted by atomic mass is 16.6. The highest BCUT2D eigenvalue weighted by Gasteiger charge is 2.41. The van der Waals surface area contributed by atoms with Crippen molar-refractivity contribution in [2.75, 3.05) is 26.2 Å². The molecule has 1 amide bonds. The molecule has 5 heterocycles. The number of amides is 1. The van der Waals surface area contributed by atoms with Crippen molar-refractivity contribution in [3.8, 4) is 16.9 Å². The van der Waals surface area contributed by atoms with E-state index in [4.69, 9.17) is 9.47 Å². The Morgan fingerprint density at radius 1 is 1.17 bits per heavy atom. The molecule has 1 N–H and O–H groups in total. The third-order valence-electron chi connectivity index (χ3n) is 8.10. The average molecular weight is 472 g/mol. The van der Waals surface area contributed by atoms with Gasteiger partial charge < -0.3 is 14.8 Å². The van der Waals surface area contributed by atoms with Gasteiger partial charge in [-0.2, -0.15) is 0 Å². The van der Waals surface area contributed by atoms with E-state index >= 15 is 0 Å². The van der Waals surface area contributed by atoms with Crippen LogP contribution in [0.1, 0.15) is 43.9 Å². The van der Waals surface area contributed by atoms with Crippen molar-refractivity contribution in [2.24, 2.45) is 11.3 Å². The van der Waals surface area contributed by atoms with E-state index in [2.05, 4.69) is 72.4 Å². The molecule has 2 aromatic carbocycles. The van der Waals surface area contributed by atoms with Crippen LogP contribution >= 0.6 is 0 Å². The number of aromatic nitrogens is 1. The summed E-state index contributed by atoms with van der Waals surface area (Å²) in [4.78, 5) is 20.0. The Balaban J connectivity index is 1.27. The zero-order valence-electron chi connectivity index (χ0n) is 20.7. The van der Waals surface area contributed by atoms with Crippen LogP contribution in [0.3, 0.4) is 0 Å². The largest absolute Gasteiger partial charge is 0.493 e. The standard InChI is InChI=1S/C29H33N3O3/c1-18-6-8-21(22-5-4-12-30-26(18)22)20-7-9-23-24(15-20)34-17-29(2,3)27(23)31-28(33)35-25-16-32-13-10-19(25)11-14-32/h4-9,12,15,19,25,27H,10-11,13-14,16-17H2,1-3H3,(H,31,33)/t25-,27?/m0/s1. The molecule has 1 aromatic heterocycles. The highest BCUT2D eigenvalue weighted by molar-refractivity contribution is 5.96. The predicted octanol–water partition coefficient (Wildman–Crippen LogP) is 5.49. The lowest BCUT2D eigenvalue weighted by Gasteiger charge is -2.44. The molecule has 7 rings (SSSR count). The van der Waals surface area contributed by atoms with E-state index in [-0.39, 0.29) is 23.7 Å². The van der Waals surface area contributed by atoms with E-state index in [9.17, 15) is 4.79 Å². The maximum atomic E-state index is 13.0. The quantitative estimate of drug-likeness (QED) is 0.547. The Kier molecular flexibility index (Phi) is 5.44. The summed E-state index contributed by atoms with van der Waals surface area (Å²) < 4.78 is 12.2. The summed E-state index contributed by atoms with van der Waals surface area (Å²) in [5, 5.41) is 4.32. The van der Waals surface area contributed by atoms with Crippen molar-refractivity contribution in [1.29, 1.82) is 0 Å². The van der Waals surface area contributed by atoms with Crippen LogP contribution in [0.2, 0.25) is 0 Å². The van der Waals surface area contributed by atoms with Gasteiger partial charge in [-0.1, -0.05) is 44.2 Å². The molecule has 0 saturated carbocycles. The number of rotatable bonds is 3. The van der Waals surface area contributed by atoms with E-state index in [1.807, 2.05) is 12.3 Å². The van der Waals surface area contributed by atoms with Crippen LogP contribution in [0.15, 0.2) is 48.7 Å². The lowest BCUT2D eigenvalue weighted by molar-refractivity contribution is -0.0361. The molecule has 4 aliphatic heterocycles. The fourth-order valence-electron chi connectivity index (χ4n) is 6.01. The second-order valence-electron chi connectivity index (χ2n) is 11.0. The number of carbonyl (C=O) groups excluding carboxylic acids is 1. The summed E-state index contributed by atoms with van der Waals surface area (Å²) in [7, 11) is 0. The number of aryl methyl sites for hydroxylation is 1. The Morgan fingerprint density at radius 2 is 2.00 bits per heavy atom. The maximum absolute atomic E-state index is 13.0. The van der Waals surface area contributed by atoms with Crippen LogP contribution < -0.4 is 10.1 Å². The van der Waals surface area contributed by atoms with E-state index in [1.54, 1.807) is 0 Å². The third-order valence-corrected chi connectivity index (χ3v) is 8.10. The molecule has 0 radical (unpaired) electrons. The van der Waals surface area contributed by atoms with Gasteiger partial charge >= 0.3 is 6.09 Å². The molecule has 2 atom stereocenters. The topological polar surface area (TPSA) is 63.7 Å². The first kappa shape index (κ1) is 22.4. The van der Waals surface area contributed by atoms with E-state index in [0.717, 1.165) is 71.4 Å². The molecule has 1 unspecified atom stereocenters. The molecule has 6 nitrogen and oxygen atoms in total. The van der Waals surface area contributed by atoms with Gasteiger partial charge in [0.15, 0.2) is 0 Å². The maximum Gasteiger partial charge on any atom is 0.407 e. The van der Waals surface area contributed by atoms with Crippen LogP contribution in [0.4, 0.5) is 4.79 Å². The van der Waals surface area contributed by atoms with Crippen molar-refractivity contribution < 1.29 is 14.3 Å². The number of nitrogens with zero attached hydrogens (tertiary/aromatic N) is 2. The summed E-state index contributed by atoms with van der Waals surface area (Å²) in [5.74, 6) is 1.30. The number of ether oxygens (including phenoxy) is 2. The first-order chi connectivity index (χ1) is 16.9. The number of alkyl carbamates (subject to hydrolysis) is 1. The van der Waals surface area contributed by atoms with E-state index < -0.39 is 0 Å². The number of nitrogens with one attached hydrogen (secondary N) is 1. The molecule has 6 heteroatoms. The number of piperidine rings is 3. The summed E-state index contributed by atoms with van der Waals surface area (Å²) in [5.41, 5.74) is 5.11. The second-order valence-corrected chi connectivity index (χ2v) is 11.0. The molecule has 3 fully saturated rings. The summed E-state index contributed by atoms with van der Waals surface area (Å²) in [6.07, 6.45) is 3.74. The van der Waals surface area contributed by atoms with Gasteiger partial charge in [0.2, 0.25) is 0 Å². The molecule has 0 spiro atoms. The lowest BCUT2D eigenvalue weighted by Crippen LogP contribution is -2.53. The van der Waals surface area contributed by atoms with Crippen molar-refractivity contribution >= 4 is 17.0 Å². The van der Waals surface area contributed by atoms with Crippen LogP contribution in [-0.2, 0) is 4.74 Å². The summed E-state index contributed by atoms with van der Waals surface area (Å²) in [6, 6.07) is 14.5. The number of fused-ring (bicyclic) bond motifs is 5. The molecule has 3 aromatic rings. The smallest absolute Gasteiger partial charge is 0.407 e. The summed E-state index contributed by atoms with van der Waals surface area (Å²) in [6.45, 7) is 9.97. The highest BCUT2D eigenvalue weighted by Crippen LogP contribution is 2.45. The Hall–Kier alpha value is -3.12. The number of carbonyl (C=O) groups is 1. The normalized spacial score (nSPS) is 26.6. The van der Waals surface area contributed by atoms with Gasteiger partial charge in [-0.15, -0.1) is 0 Å². The minimum Gasteiger partial charge on any atom is -0.493 e. The van der Waals surface area contributed by atoms with Gasteiger partial charge in [0.1, 0.15) is 11.9 Å². The first-order valence-electron chi connectivity index (χ1n) is 12.7. The van der Waals surface area contributed by atoms with Gasteiger partial charge in [0.25, 0.3) is 0 Å². The second kappa shape index (κ2) is 8.52. The molecular formula is C29H33N3O3. The Morgan fingerprint density at radius 3 is 2.77 bits per heavy atom. The minimum absolute atomic E-state index is 0.00859. The monoisotopic (exact) mass is 471 g/mol. The number of hydrogen-bond donors (Lipinski definition) is 1. The van der Waals surface area contributed by atoms with E-state index in [1.165, 1.54) is 0 Å². The van der Waals surface area contributed by atoms with Crippen LogP contribution in [0.25, 0.3) is 22.0 Å². The first-order valence-corrected chi connectivity index (χ1v) is 12.7. The molecule has 2 bridgehead atoms. The minimum atomic E-state index is -0.325. The van der Waals surface area contributed by atoms with E-state index in [0.29, 0.717) is 12.5 Å². The predicted molar refractivity (Wildman–Crippen MR) is 137 cm³/mol. The van der Waals surface area contributed by atoms with Gasteiger partial charge in [-0.25, -0.2) is 4.79 Å². The SMILES string of the molecule is Cc1ccc(-c2ccc3c(c2)OCC(C)(C)C3NC(=O)O[C@H]2CN3CCC2CC3)c2cccnc12. The van der Waals surface area contributed by atoms with Gasteiger partial charge in [0, 0.05) is 29.1 Å². The number of pyridine rings is 1. The molecule has 3 saturated heterocycles. The van der Waals surface area contributed by atoms with Gasteiger partial charge in [-0.05, 0) is 67.6 Å². The molecule has 35 heavy (non-hydrogen) atoms.